The van der Waals surface area contributed by atoms with Gasteiger partial charge in [0.25, 0.3) is 5.91 Å². The maximum absolute atomic E-state index is 12.3. The lowest BCUT2D eigenvalue weighted by atomic mass is 10.1. The Kier molecular flexibility index (Phi) is 3.99. The van der Waals surface area contributed by atoms with E-state index in [1.165, 1.54) is 20.4 Å². The zero-order valence-electron chi connectivity index (χ0n) is 11.0. The molecular weight excluding hydrogens is 262 g/mol. The largest absolute Gasteiger partial charge is 0.496 e. The van der Waals surface area contributed by atoms with Crippen molar-refractivity contribution in [1.82, 2.24) is 10.2 Å². The summed E-state index contributed by atoms with van der Waals surface area (Å²) in [6, 6.07) is 5.00. The molecule has 0 spiro atoms. The average Bonchev–Trinajstić information content (AvgIpc) is 2.93. The normalized spacial score (nSPS) is 9.90. The summed E-state index contributed by atoms with van der Waals surface area (Å²) in [6.45, 7) is 0. The highest BCUT2D eigenvalue weighted by Crippen LogP contribution is 2.29. The molecule has 104 valence electrons. The van der Waals surface area contributed by atoms with Crippen molar-refractivity contribution < 1.29 is 19.1 Å². The van der Waals surface area contributed by atoms with E-state index in [2.05, 4.69) is 15.5 Å². The van der Waals surface area contributed by atoms with Crippen LogP contribution in [0.5, 0.6) is 11.5 Å². The molecule has 2 aromatic rings. The second-order valence-electron chi connectivity index (χ2n) is 3.81. The third-order valence-corrected chi connectivity index (χ3v) is 2.69. The van der Waals surface area contributed by atoms with Gasteiger partial charge in [0.15, 0.2) is 6.29 Å². The predicted octanol–water partition coefficient (Wildman–Crippen LogP) is 1.49. The summed E-state index contributed by atoms with van der Waals surface area (Å²) in [5, 5.41) is 8.75. The molecule has 1 heterocycles. The maximum atomic E-state index is 12.3. The number of hydrogen-bond donors (Lipinski definition) is 2. The van der Waals surface area contributed by atoms with E-state index in [9.17, 15) is 9.59 Å². The van der Waals surface area contributed by atoms with E-state index in [0.29, 0.717) is 17.8 Å². The lowest BCUT2D eigenvalue weighted by Gasteiger charge is -2.12. The molecule has 1 amide bonds. The number of nitrogens with zero attached hydrogens (tertiary/aromatic N) is 1. The summed E-state index contributed by atoms with van der Waals surface area (Å²) in [4.78, 5) is 23.1. The Morgan fingerprint density at radius 3 is 2.50 bits per heavy atom. The van der Waals surface area contributed by atoms with Gasteiger partial charge in [-0.15, -0.1) is 0 Å². The second-order valence-corrected chi connectivity index (χ2v) is 3.81. The molecule has 0 radical (unpaired) electrons. The van der Waals surface area contributed by atoms with Crippen molar-refractivity contribution in [3.63, 3.8) is 0 Å². The summed E-state index contributed by atoms with van der Waals surface area (Å²) in [7, 11) is 2.92. The number of benzene rings is 1. The molecule has 1 aromatic heterocycles. The molecule has 0 aliphatic rings. The summed E-state index contributed by atoms with van der Waals surface area (Å²) in [5.41, 5.74) is 0.723. The van der Waals surface area contributed by atoms with Gasteiger partial charge in [-0.05, 0) is 12.1 Å². The van der Waals surface area contributed by atoms with Crippen LogP contribution in [0.4, 0.5) is 5.69 Å². The fraction of sp³-hybridized carbons (Fsp3) is 0.154. The van der Waals surface area contributed by atoms with E-state index >= 15 is 0 Å². The third kappa shape index (κ3) is 2.46. The van der Waals surface area contributed by atoms with E-state index in [1.54, 1.807) is 18.2 Å². The first-order chi connectivity index (χ1) is 9.71. The third-order valence-electron chi connectivity index (χ3n) is 2.69. The van der Waals surface area contributed by atoms with Gasteiger partial charge >= 0.3 is 0 Å². The van der Waals surface area contributed by atoms with Crippen molar-refractivity contribution in [2.75, 3.05) is 19.5 Å². The molecule has 2 N–H and O–H groups in total. The monoisotopic (exact) mass is 275 g/mol. The fourth-order valence-corrected chi connectivity index (χ4v) is 1.75. The van der Waals surface area contributed by atoms with Gasteiger partial charge in [-0.3, -0.25) is 14.7 Å². The zero-order valence-corrected chi connectivity index (χ0v) is 11.0. The van der Waals surface area contributed by atoms with Crippen LogP contribution in [0.3, 0.4) is 0 Å². The fourth-order valence-electron chi connectivity index (χ4n) is 1.75. The molecule has 2 rings (SSSR count). The van der Waals surface area contributed by atoms with Crippen LogP contribution >= 0.6 is 0 Å². The van der Waals surface area contributed by atoms with E-state index in [0.717, 1.165) is 0 Å². The smallest absolute Gasteiger partial charge is 0.263 e. The summed E-state index contributed by atoms with van der Waals surface area (Å²) in [5.74, 6) is 0.291. The minimum Gasteiger partial charge on any atom is -0.496 e. The number of aromatic amines is 1. The molecule has 0 saturated heterocycles. The highest BCUT2D eigenvalue weighted by molar-refractivity contribution is 6.09. The summed E-state index contributed by atoms with van der Waals surface area (Å²) in [6.07, 6.45) is 1.92. The van der Waals surface area contributed by atoms with Crippen LogP contribution in [0.2, 0.25) is 0 Å². The van der Waals surface area contributed by atoms with E-state index in [-0.39, 0.29) is 16.9 Å². The zero-order chi connectivity index (χ0) is 14.5. The van der Waals surface area contributed by atoms with Crippen molar-refractivity contribution in [1.29, 1.82) is 0 Å². The van der Waals surface area contributed by atoms with E-state index < -0.39 is 5.91 Å². The van der Waals surface area contributed by atoms with Crippen molar-refractivity contribution in [2.24, 2.45) is 0 Å². The molecule has 7 nitrogen and oxygen atoms in total. The van der Waals surface area contributed by atoms with Gasteiger partial charge in [0.2, 0.25) is 0 Å². The van der Waals surface area contributed by atoms with Crippen LogP contribution < -0.4 is 14.8 Å². The number of carbonyl (C=O) groups excluding carboxylic acids is 2. The van der Waals surface area contributed by atoms with Gasteiger partial charge in [-0.25, -0.2) is 0 Å². The Morgan fingerprint density at radius 1 is 1.30 bits per heavy atom. The molecule has 0 bridgehead atoms. The Labute approximate surface area is 114 Å². The molecule has 7 heteroatoms. The molecule has 0 aliphatic carbocycles. The molecule has 0 atom stereocenters. The number of aldehydes is 1. The Balaban J connectivity index is 2.36. The van der Waals surface area contributed by atoms with E-state index in [1.807, 2.05) is 0 Å². The number of amides is 1. The van der Waals surface area contributed by atoms with Crippen LogP contribution in [0, 0.1) is 0 Å². The SMILES string of the molecule is COc1cccc(OC)c1C(=O)Nc1cn[nH]c1C=O. The average molecular weight is 275 g/mol. The van der Waals surface area contributed by atoms with Crippen LogP contribution in [0.15, 0.2) is 24.4 Å². The van der Waals surface area contributed by atoms with Gasteiger partial charge in [0.1, 0.15) is 22.8 Å². The van der Waals surface area contributed by atoms with Gasteiger partial charge in [0.05, 0.1) is 26.1 Å². The van der Waals surface area contributed by atoms with Crippen molar-refractivity contribution >= 4 is 17.9 Å². The quantitative estimate of drug-likeness (QED) is 0.806. The van der Waals surface area contributed by atoms with Gasteiger partial charge in [0, 0.05) is 0 Å². The number of anilines is 1. The van der Waals surface area contributed by atoms with E-state index in [4.69, 9.17) is 9.47 Å². The van der Waals surface area contributed by atoms with Crippen LogP contribution in [0.1, 0.15) is 20.8 Å². The molecule has 0 aliphatic heterocycles. The van der Waals surface area contributed by atoms with Crippen molar-refractivity contribution in [3.05, 3.63) is 35.7 Å². The minimum atomic E-state index is -0.455. The number of carbonyl (C=O) groups is 2. The highest BCUT2D eigenvalue weighted by atomic mass is 16.5. The number of aromatic nitrogens is 2. The number of nitrogens with one attached hydrogen (secondary N) is 2. The molecule has 1 aromatic carbocycles. The van der Waals surface area contributed by atoms with Gasteiger partial charge < -0.3 is 14.8 Å². The van der Waals surface area contributed by atoms with Crippen molar-refractivity contribution in [2.45, 2.75) is 0 Å². The topological polar surface area (TPSA) is 93.3 Å². The molecule has 0 fully saturated rings. The second kappa shape index (κ2) is 5.87. The van der Waals surface area contributed by atoms with Gasteiger partial charge in [-0.2, -0.15) is 5.10 Å². The first-order valence-corrected chi connectivity index (χ1v) is 5.72. The first kappa shape index (κ1) is 13.6. The summed E-state index contributed by atoms with van der Waals surface area (Å²) < 4.78 is 10.3. The lowest BCUT2D eigenvalue weighted by molar-refractivity contribution is 0.102. The Bertz CT molecular complexity index is 614. The summed E-state index contributed by atoms with van der Waals surface area (Å²) >= 11 is 0. The number of rotatable bonds is 5. The lowest BCUT2D eigenvalue weighted by Crippen LogP contribution is -2.15. The Morgan fingerprint density at radius 2 is 1.95 bits per heavy atom. The molecule has 20 heavy (non-hydrogen) atoms. The minimum absolute atomic E-state index is 0.187. The highest BCUT2D eigenvalue weighted by Gasteiger charge is 2.19. The van der Waals surface area contributed by atoms with Crippen molar-refractivity contribution in [3.8, 4) is 11.5 Å². The Hall–Kier alpha value is -2.83. The first-order valence-electron chi connectivity index (χ1n) is 5.72. The molecule has 0 unspecified atom stereocenters. The van der Waals surface area contributed by atoms with Crippen LogP contribution in [-0.4, -0.2) is 36.6 Å². The molecule has 0 saturated carbocycles. The number of methoxy groups -OCH3 is 2. The van der Waals surface area contributed by atoms with Crippen LogP contribution in [0.25, 0.3) is 0 Å². The van der Waals surface area contributed by atoms with Gasteiger partial charge in [-0.1, -0.05) is 6.07 Å². The number of ether oxygens (including phenoxy) is 2. The number of H-pyrrole nitrogens is 1. The predicted molar refractivity (Wildman–Crippen MR) is 71.5 cm³/mol. The standard InChI is InChI=1S/C13H13N3O4/c1-19-10-4-3-5-11(20-2)12(10)13(18)15-8-6-14-16-9(8)7-17/h3-7H,1-2H3,(H,14,16)(H,15,18). The maximum Gasteiger partial charge on any atom is 0.263 e. The van der Waals surface area contributed by atoms with Crippen LogP contribution in [-0.2, 0) is 0 Å². The number of hydrogen-bond acceptors (Lipinski definition) is 5. The molecular formula is C13H13N3O4.